The van der Waals surface area contributed by atoms with E-state index in [1.54, 1.807) is 11.3 Å². The average Bonchev–Trinajstić information content (AvgIpc) is 2.98. The van der Waals surface area contributed by atoms with Crippen LogP contribution in [0.2, 0.25) is 0 Å². The lowest BCUT2D eigenvalue weighted by molar-refractivity contribution is 0.340. The zero-order chi connectivity index (χ0) is 15.4. The van der Waals surface area contributed by atoms with Crippen molar-refractivity contribution in [3.63, 3.8) is 0 Å². The predicted molar refractivity (Wildman–Crippen MR) is 89.9 cm³/mol. The molecule has 1 aliphatic carbocycles. The van der Waals surface area contributed by atoms with Gasteiger partial charge in [0.1, 0.15) is 16.8 Å². The topological polar surface area (TPSA) is 45.9 Å². The third kappa shape index (κ3) is 3.20. The van der Waals surface area contributed by atoms with Crippen LogP contribution in [0.15, 0.2) is 24.3 Å². The maximum absolute atomic E-state index is 9.46. The van der Waals surface area contributed by atoms with Crippen molar-refractivity contribution in [2.45, 2.75) is 32.6 Å². The summed E-state index contributed by atoms with van der Waals surface area (Å²) in [5, 5.41) is 10.3. The highest BCUT2D eigenvalue weighted by Gasteiger charge is 2.17. The lowest BCUT2D eigenvalue weighted by atomic mass is 10.0. The van der Waals surface area contributed by atoms with Gasteiger partial charge in [0.05, 0.1) is 17.9 Å². The Bertz CT molecular complexity index is 699. The molecule has 0 saturated carbocycles. The summed E-state index contributed by atoms with van der Waals surface area (Å²) in [5.74, 6) is 0.850. The summed E-state index contributed by atoms with van der Waals surface area (Å²) in [6.07, 6.45) is 6.50. The van der Waals surface area contributed by atoms with E-state index in [1.165, 1.54) is 23.4 Å². The van der Waals surface area contributed by atoms with Crippen LogP contribution in [0.3, 0.4) is 0 Å². The molecule has 0 fully saturated rings. The van der Waals surface area contributed by atoms with Crippen molar-refractivity contribution in [1.82, 2.24) is 4.98 Å². The molecular formula is C18H18N2OS. The number of allylic oxidation sites excluding steroid dienone is 1. The molecule has 0 spiro atoms. The minimum atomic E-state index is 0.642. The highest BCUT2D eigenvalue weighted by atomic mass is 32.1. The number of aromatic nitrogens is 1. The molecule has 0 amide bonds. The monoisotopic (exact) mass is 310 g/mol. The number of thiazole rings is 1. The van der Waals surface area contributed by atoms with Gasteiger partial charge in [0.2, 0.25) is 0 Å². The summed E-state index contributed by atoms with van der Waals surface area (Å²) in [6, 6.07) is 10.1. The third-order valence-electron chi connectivity index (χ3n) is 3.70. The molecule has 4 heteroatoms. The number of hydrogen-bond acceptors (Lipinski definition) is 4. The Hall–Kier alpha value is -2.12. The number of nitrogens with zero attached hydrogens (tertiary/aromatic N) is 2. The smallest absolute Gasteiger partial charge is 0.134 e. The Kier molecular flexibility index (Phi) is 4.55. The summed E-state index contributed by atoms with van der Waals surface area (Å²) in [6.45, 7) is 2.62. The fourth-order valence-electron chi connectivity index (χ4n) is 2.60. The highest BCUT2D eigenvalue weighted by Crippen LogP contribution is 2.31. The first-order valence-corrected chi connectivity index (χ1v) is 8.45. The molecular weight excluding hydrogens is 292 g/mol. The molecule has 0 atom stereocenters. The van der Waals surface area contributed by atoms with Gasteiger partial charge in [0.25, 0.3) is 0 Å². The van der Waals surface area contributed by atoms with E-state index in [0.29, 0.717) is 12.2 Å². The van der Waals surface area contributed by atoms with Crippen LogP contribution in [0.25, 0.3) is 11.6 Å². The fourth-order valence-corrected chi connectivity index (χ4v) is 3.72. The van der Waals surface area contributed by atoms with Crippen LogP contribution in [0.1, 0.15) is 40.9 Å². The van der Waals surface area contributed by atoms with E-state index in [1.807, 2.05) is 37.3 Å². The average molecular weight is 310 g/mol. The first kappa shape index (κ1) is 14.8. The summed E-state index contributed by atoms with van der Waals surface area (Å²) < 4.78 is 5.44. The van der Waals surface area contributed by atoms with E-state index in [9.17, 15) is 5.26 Å². The van der Waals surface area contributed by atoms with Crippen LogP contribution in [-0.2, 0) is 12.8 Å². The van der Waals surface area contributed by atoms with Crippen LogP contribution in [0.5, 0.6) is 5.75 Å². The zero-order valence-corrected chi connectivity index (χ0v) is 13.4. The largest absolute Gasteiger partial charge is 0.494 e. The number of rotatable bonds is 4. The molecule has 22 heavy (non-hydrogen) atoms. The van der Waals surface area contributed by atoms with Gasteiger partial charge in [0.15, 0.2) is 0 Å². The lowest BCUT2D eigenvalue weighted by Crippen LogP contribution is -1.99. The van der Waals surface area contributed by atoms with Crippen molar-refractivity contribution in [2.75, 3.05) is 6.61 Å². The Morgan fingerprint density at radius 3 is 2.77 bits per heavy atom. The van der Waals surface area contributed by atoms with E-state index in [2.05, 4.69) is 11.1 Å². The van der Waals surface area contributed by atoms with Crippen LogP contribution in [-0.4, -0.2) is 11.6 Å². The van der Waals surface area contributed by atoms with Gasteiger partial charge in [-0.2, -0.15) is 5.26 Å². The second-order valence-corrected chi connectivity index (χ2v) is 6.35. The Balaban J connectivity index is 1.87. The van der Waals surface area contributed by atoms with Gasteiger partial charge < -0.3 is 4.74 Å². The van der Waals surface area contributed by atoms with Crippen molar-refractivity contribution in [3.8, 4) is 11.8 Å². The quantitative estimate of drug-likeness (QED) is 0.782. The van der Waals surface area contributed by atoms with Gasteiger partial charge in [-0.1, -0.05) is 12.1 Å². The highest BCUT2D eigenvalue weighted by molar-refractivity contribution is 7.13. The van der Waals surface area contributed by atoms with E-state index in [4.69, 9.17) is 4.74 Å². The molecule has 1 aromatic heterocycles. The van der Waals surface area contributed by atoms with Crippen LogP contribution in [0.4, 0.5) is 0 Å². The van der Waals surface area contributed by atoms with Crippen molar-refractivity contribution >= 4 is 23.0 Å². The molecule has 0 bridgehead atoms. The van der Waals surface area contributed by atoms with Gasteiger partial charge in [-0.05, 0) is 56.4 Å². The summed E-state index contributed by atoms with van der Waals surface area (Å²) in [7, 11) is 0. The second kappa shape index (κ2) is 6.76. The molecule has 0 aliphatic heterocycles. The molecule has 1 aromatic carbocycles. The van der Waals surface area contributed by atoms with Gasteiger partial charge in [-0.15, -0.1) is 11.3 Å². The molecule has 0 N–H and O–H groups in total. The second-order valence-electron chi connectivity index (χ2n) is 5.27. The van der Waals surface area contributed by atoms with Gasteiger partial charge in [-0.3, -0.25) is 0 Å². The molecule has 1 heterocycles. The van der Waals surface area contributed by atoms with E-state index < -0.39 is 0 Å². The predicted octanol–water partition coefficient (Wildman–Crippen LogP) is 4.48. The molecule has 2 aromatic rings. The standard InChI is InChI=1S/C18H18N2OS/c1-2-21-15-9-7-13(8-10-15)11-14(12-19)18-20-16-5-3-4-6-17(16)22-18/h7-11H,2-6H2,1H3/b14-11+. The van der Waals surface area contributed by atoms with Crippen molar-refractivity contribution in [1.29, 1.82) is 5.26 Å². The Morgan fingerprint density at radius 2 is 2.09 bits per heavy atom. The van der Waals surface area contributed by atoms with Crippen molar-refractivity contribution in [3.05, 3.63) is 45.4 Å². The number of fused-ring (bicyclic) bond motifs is 1. The minimum absolute atomic E-state index is 0.642. The molecule has 0 unspecified atom stereocenters. The van der Waals surface area contributed by atoms with Gasteiger partial charge in [-0.25, -0.2) is 4.98 Å². The number of aryl methyl sites for hydroxylation is 2. The molecule has 0 saturated heterocycles. The Labute approximate surface area is 134 Å². The molecule has 0 radical (unpaired) electrons. The Morgan fingerprint density at radius 1 is 1.32 bits per heavy atom. The van der Waals surface area contributed by atoms with Crippen LogP contribution < -0.4 is 4.74 Å². The summed E-state index contributed by atoms with van der Waals surface area (Å²) in [4.78, 5) is 6.02. The fraction of sp³-hybridized carbons (Fsp3) is 0.333. The number of benzene rings is 1. The zero-order valence-electron chi connectivity index (χ0n) is 12.6. The SMILES string of the molecule is CCOc1ccc(/C=C(\C#N)c2nc3c(s2)CCCC3)cc1. The van der Waals surface area contributed by atoms with Gasteiger partial charge >= 0.3 is 0 Å². The summed E-state index contributed by atoms with van der Waals surface area (Å²) in [5.41, 5.74) is 2.83. The maximum atomic E-state index is 9.46. The first-order chi connectivity index (χ1) is 10.8. The molecule has 3 nitrogen and oxygen atoms in total. The molecule has 112 valence electrons. The van der Waals surface area contributed by atoms with Gasteiger partial charge in [0, 0.05) is 4.88 Å². The van der Waals surface area contributed by atoms with Crippen LogP contribution >= 0.6 is 11.3 Å². The van der Waals surface area contributed by atoms with Crippen LogP contribution in [0, 0.1) is 11.3 Å². The van der Waals surface area contributed by atoms with Crippen molar-refractivity contribution < 1.29 is 4.74 Å². The van der Waals surface area contributed by atoms with E-state index in [-0.39, 0.29) is 0 Å². The van der Waals surface area contributed by atoms with E-state index >= 15 is 0 Å². The maximum Gasteiger partial charge on any atom is 0.134 e. The third-order valence-corrected chi connectivity index (χ3v) is 4.89. The molecule has 1 aliphatic rings. The minimum Gasteiger partial charge on any atom is -0.494 e. The number of hydrogen-bond donors (Lipinski definition) is 0. The van der Waals surface area contributed by atoms with E-state index in [0.717, 1.165) is 29.2 Å². The van der Waals surface area contributed by atoms with Crippen molar-refractivity contribution in [2.24, 2.45) is 0 Å². The lowest BCUT2D eigenvalue weighted by Gasteiger charge is -2.06. The number of nitriles is 1. The normalized spacial score (nSPS) is 14.3. The first-order valence-electron chi connectivity index (χ1n) is 7.63. The molecule has 3 rings (SSSR count). The summed E-state index contributed by atoms with van der Waals surface area (Å²) >= 11 is 1.67. The number of ether oxygens (including phenoxy) is 1.